The summed E-state index contributed by atoms with van der Waals surface area (Å²) in [5.74, 6) is -1.18. The highest BCUT2D eigenvalue weighted by Crippen LogP contribution is 2.30. The Morgan fingerprint density at radius 2 is 2.00 bits per heavy atom. The Morgan fingerprint density at radius 1 is 1.21 bits per heavy atom. The van der Waals surface area contributed by atoms with Crippen molar-refractivity contribution in [2.45, 2.75) is 12.6 Å². The molecule has 0 fully saturated rings. The molecule has 1 aliphatic heterocycles. The van der Waals surface area contributed by atoms with Gasteiger partial charge in [0, 0.05) is 6.54 Å². The topological polar surface area (TPSA) is 95.1 Å². The highest BCUT2D eigenvalue weighted by molar-refractivity contribution is 6.37. The van der Waals surface area contributed by atoms with E-state index in [2.05, 4.69) is 15.3 Å². The number of benzene rings is 2. The van der Waals surface area contributed by atoms with Crippen molar-refractivity contribution in [1.29, 1.82) is 0 Å². The molecule has 2 aromatic carbocycles. The molecule has 1 aliphatic rings. The lowest BCUT2D eigenvalue weighted by molar-refractivity contribution is 0.0697. The number of aromatic nitrogens is 2. The van der Waals surface area contributed by atoms with Crippen LogP contribution in [0.1, 0.15) is 38.1 Å². The molecule has 3 aromatic rings. The summed E-state index contributed by atoms with van der Waals surface area (Å²) >= 11 is 6.11. The summed E-state index contributed by atoms with van der Waals surface area (Å²) < 4.78 is 0. The lowest BCUT2D eigenvalue weighted by Gasteiger charge is -2.08. The Kier molecular flexibility index (Phi) is 3.37. The Hall–Kier alpha value is -2.70. The zero-order chi connectivity index (χ0) is 16.8. The van der Waals surface area contributed by atoms with E-state index in [-0.39, 0.29) is 27.7 Å². The SMILES string of the molecule is O=C(O)c1ccc2[nH]c(C(=O)C3NCc4ccccc43)nc2c1Cl. The van der Waals surface area contributed by atoms with Crippen LogP contribution >= 0.6 is 11.6 Å². The number of hydrogen-bond acceptors (Lipinski definition) is 4. The largest absolute Gasteiger partial charge is 0.478 e. The lowest BCUT2D eigenvalue weighted by atomic mass is 10.0. The first-order valence-electron chi connectivity index (χ1n) is 7.33. The van der Waals surface area contributed by atoms with Gasteiger partial charge in [0.15, 0.2) is 5.82 Å². The number of nitrogens with one attached hydrogen (secondary N) is 2. The second-order valence-electron chi connectivity index (χ2n) is 5.59. The predicted octanol–water partition coefficient (Wildman–Crippen LogP) is 2.94. The number of carbonyl (C=O) groups excluding carboxylic acids is 1. The molecule has 1 aromatic heterocycles. The standard InChI is InChI=1S/C17H12ClN3O3/c18-12-10(17(23)24)5-6-11-14(12)21-16(20-11)15(22)13-9-4-2-1-3-8(9)7-19-13/h1-6,13,19H,7H2,(H,20,21)(H,23,24). The number of H-pyrrole nitrogens is 1. The second kappa shape index (κ2) is 5.43. The number of imidazole rings is 1. The van der Waals surface area contributed by atoms with Gasteiger partial charge in [-0.1, -0.05) is 35.9 Å². The van der Waals surface area contributed by atoms with E-state index in [1.54, 1.807) is 6.07 Å². The number of aromatic amines is 1. The first-order valence-corrected chi connectivity index (χ1v) is 7.71. The van der Waals surface area contributed by atoms with Crippen molar-refractivity contribution >= 4 is 34.4 Å². The van der Waals surface area contributed by atoms with E-state index in [1.807, 2.05) is 24.3 Å². The van der Waals surface area contributed by atoms with E-state index in [0.29, 0.717) is 12.1 Å². The van der Waals surface area contributed by atoms with Gasteiger partial charge < -0.3 is 10.1 Å². The van der Waals surface area contributed by atoms with Crippen molar-refractivity contribution in [3.8, 4) is 0 Å². The molecule has 24 heavy (non-hydrogen) atoms. The Balaban J connectivity index is 1.76. The van der Waals surface area contributed by atoms with Crippen LogP contribution < -0.4 is 5.32 Å². The maximum absolute atomic E-state index is 12.8. The third-order valence-corrected chi connectivity index (χ3v) is 4.56. The van der Waals surface area contributed by atoms with Crippen LogP contribution in [0.15, 0.2) is 36.4 Å². The molecule has 0 aliphatic carbocycles. The van der Waals surface area contributed by atoms with Crippen molar-refractivity contribution in [3.05, 3.63) is 63.9 Å². The smallest absolute Gasteiger partial charge is 0.337 e. The molecule has 3 N–H and O–H groups in total. The van der Waals surface area contributed by atoms with E-state index >= 15 is 0 Å². The van der Waals surface area contributed by atoms with Gasteiger partial charge in [0.05, 0.1) is 16.1 Å². The Labute approximate surface area is 141 Å². The normalized spacial score (nSPS) is 16.3. The molecule has 2 heterocycles. The third kappa shape index (κ3) is 2.19. The number of halogens is 1. The summed E-state index contributed by atoms with van der Waals surface area (Å²) in [6.07, 6.45) is 0. The van der Waals surface area contributed by atoms with Crippen LogP contribution in [0.4, 0.5) is 0 Å². The van der Waals surface area contributed by atoms with Gasteiger partial charge in [0.2, 0.25) is 5.78 Å². The molecule has 4 rings (SSSR count). The number of hydrogen-bond donors (Lipinski definition) is 3. The summed E-state index contributed by atoms with van der Waals surface area (Å²) in [7, 11) is 0. The summed E-state index contributed by atoms with van der Waals surface area (Å²) in [6, 6.07) is 10.2. The molecule has 0 spiro atoms. The van der Waals surface area contributed by atoms with Crippen molar-refractivity contribution in [3.63, 3.8) is 0 Å². The number of rotatable bonds is 3. The molecule has 1 atom stereocenters. The fourth-order valence-corrected chi connectivity index (χ4v) is 3.28. The van der Waals surface area contributed by atoms with E-state index in [1.165, 1.54) is 6.07 Å². The van der Waals surface area contributed by atoms with Gasteiger partial charge in [0.25, 0.3) is 0 Å². The number of aromatic carboxylic acids is 1. The first-order chi connectivity index (χ1) is 11.6. The van der Waals surface area contributed by atoms with Crippen molar-refractivity contribution in [2.75, 3.05) is 0 Å². The molecule has 0 amide bonds. The molecule has 0 saturated carbocycles. The highest BCUT2D eigenvalue weighted by Gasteiger charge is 2.30. The fourth-order valence-electron chi connectivity index (χ4n) is 2.99. The number of ketones is 1. The van der Waals surface area contributed by atoms with Gasteiger partial charge in [-0.2, -0.15) is 0 Å². The Morgan fingerprint density at radius 3 is 2.79 bits per heavy atom. The van der Waals surface area contributed by atoms with Crippen LogP contribution in [0.5, 0.6) is 0 Å². The second-order valence-corrected chi connectivity index (χ2v) is 5.97. The van der Waals surface area contributed by atoms with E-state index in [0.717, 1.165) is 11.1 Å². The van der Waals surface area contributed by atoms with Gasteiger partial charge in [0.1, 0.15) is 11.6 Å². The fraction of sp³-hybridized carbons (Fsp3) is 0.118. The Bertz CT molecular complexity index is 996. The minimum Gasteiger partial charge on any atom is -0.478 e. The third-order valence-electron chi connectivity index (χ3n) is 4.18. The minimum atomic E-state index is -1.14. The molecule has 6 nitrogen and oxygen atoms in total. The first kappa shape index (κ1) is 14.9. The molecule has 0 radical (unpaired) electrons. The average Bonchev–Trinajstić information content (AvgIpc) is 3.19. The van der Waals surface area contributed by atoms with Crippen LogP contribution in [0, 0.1) is 0 Å². The lowest BCUT2D eigenvalue weighted by Crippen LogP contribution is -2.23. The van der Waals surface area contributed by atoms with Crippen molar-refractivity contribution in [1.82, 2.24) is 15.3 Å². The van der Waals surface area contributed by atoms with E-state index < -0.39 is 12.0 Å². The molecule has 0 bridgehead atoms. The number of carboxylic acid groups (broad SMARTS) is 1. The maximum Gasteiger partial charge on any atom is 0.337 e. The van der Waals surface area contributed by atoms with E-state index in [4.69, 9.17) is 16.7 Å². The zero-order valence-electron chi connectivity index (χ0n) is 12.3. The summed E-state index contributed by atoms with van der Waals surface area (Å²) in [4.78, 5) is 31.1. The summed E-state index contributed by atoms with van der Waals surface area (Å²) in [5, 5.41) is 12.3. The van der Waals surface area contributed by atoms with Crippen LogP contribution in [-0.2, 0) is 6.54 Å². The van der Waals surface area contributed by atoms with Crippen LogP contribution in [-0.4, -0.2) is 26.8 Å². The number of nitrogens with zero attached hydrogens (tertiary/aromatic N) is 1. The maximum atomic E-state index is 12.8. The number of carboxylic acids is 1. The van der Waals surface area contributed by atoms with Gasteiger partial charge in [-0.05, 0) is 23.3 Å². The van der Waals surface area contributed by atoms with Crippen molar-refractivity contribution < 1.29 is 14.7 Å². The molecular formula is C17H12ClN3O3. The number of Topliss-reactive ketones (excluding diaryl/α,β-unsaturated/α-hetero) is 1. The summed E-state index contributed by atoms with van der Waals surface area (Å²) in [6.45, 7) is 0.622. The van der Waals surface area contributed by atoms with Crippen molar-refractivity contribution in [2.24, 2.45) is 0 Å². The molecular weight excluding hydrogens is 330 g/mol. The number of fused-ring (bicyclic) bond motifs is 2. The molecule has 120 valence electrons. The van der Waals surface area contributed by atoms with Gasteiger partial charge in [-0.15, -0.1) is 0 Å². The quantitative estimate of drug-likeness (QED) is 0.637. The van der Waals surface area contributed by atoms with Crippen LogP contribution in [0.25, 0.3) is 11.0 Å². The highest BCUT2D eigenvalue weighted by atomic mass is 35.5. The molecule has 7 heteroatoms. The monoisotopic (exact) mass is 341 g/mol. The number of carbonyl (C=O) groups is 2. The van der Waals surface area contributed by atoms with Gasteiger partial charge >= 0.3 is 5.97 Å². The predicted molar refractivity (Wildman–Crippen MR) is 88.4 cm³/mol. The van der Waals surface area contributed by atoms with Crippen LogP contribution in [0.2, 0.25) is 5.02 Å². The van der Waals surface area contributed by atoms with Crippen LogP contribution in [0.3, 0.4) is 0 Å². The minimum absolute atomic E-state index is 0.0232. The zero-order valence-corrected chi connectivity index (χ0v) is 13.1. The summed E-state index contributed by atoms with van der Waals surface area (Å²) in [5.41, 5.74) is 2.78. The molecule has 1 unspecified atom stereocenters. The van der Waals surface area contributed by atoms with E-state index in [9.17, 15) is 9.59 Å². The van der Waals surface area contributed by atoms with Gasteiger partial charge in [-0.3, -0.25) is 10.1 Å². The molecule has 0 saturated heterocycles. The van der Waals surface area contributed by atoms with Gasteiger partial charge in [-0.25, -0.2) is 9.78 Å². The average molecular weight is 342 g/mol.